The first-order chi connectivity index (χ1) is 14.2. The molecule has 2 aromatic carbocycles. The molecule has 6 heteroatoms. The molecule has 0 saturated heterocycles. The van der Waals surface area contributed by atoms with Crippen LogP contribution in [0, 0.1) is 0 Å². The van der Waals surface area contributed by atoms with Crippen LogP contribution < -0.4 is 10.1 Å². The zero-order chi connectivity index (χ0) is 20.1. The monoisotopic (exact) mass is 401 g/mol. The Balaban J connectivity index is 1.46. The van der Waals surface area contributed by atoms with Crippen LogP contribution in [0.25, 0.3) is 21.8 Å². The van der Waals surface area contributed by atoms with E-state index in [0.717, 1.165) is 21.8 Å². The minimum Gasteiger partial charge on any atom is -0.481 e. The van der Waals surface area contributed by atoms with Gasteiger partial charge in [0.25, 0.3) is 5.91 Å². The molecule has 2 heterocycles. The number of nitrogens with one attached hydrogen (secondary N) is 1. The number of hydrogen-bond acceptors (Lipinski definition) is 5. The van der Waals surface area contributed by atoms with Crippen molar-refractivity contribution in [2.24, 2.45) is 0 Å². The number of hydrogen-bond donors (Lipinski definition) is 1. The van der Waals surface area contributed by atoms with Crippen LogP contribution in [0.5, 0.6) is 5.75 Å². The van der Waals surface area contributed by atoms with E-state index in [0.29, 0.717) is 11.4 Å². The number of ether oxygens (including phenoxy) is 1. The predicted molar refractivity (Wildman–Crippen MR) is 116 cm³/mol. The van der Waals surface area contributed by atoms with Gasteiger partial charge in [-0.2, -0.15) is 0 Å². The lowest BCUT2D eigenvalue weighted by Crippen LogP contribution is -2.30. The molecule has 0 fully saturated rings. The molecule has 0 saturated carbocycles. The summed E-state index contributed by atoms with van der Waals surface area (Å²) in [7, 11) is 0. The second-order valence-electron chi connectivity index (χ2n) is 6.42. The maximum atomic E-state index is 12.5. The quantitative estimate of drug-likeness (QED) is 0.477. The van der Waals surface area contributed by atoms with Crippen molar-refractivity contribution in [3.63, 3.8) is 0 Å². The van der Waals surface area contributed by atoms with Crippen molar-refractivity contribution in [2.45, 2.75) is 13.0 Å². The Morgan fingerprint density at radius 1 is 1.03 bits per heavy atom. The van der Waals surface area contributed by atoms with Gasteiger partial charge in [0.05, 0.1) is 5.69 Å². The third-order valence-electron chi connectivity index (χ3n) is 4.26. The van der Waals surface area contributed by atoms with E-state index in [9.17, 15) is 4.79 Å². The lowest BCUT2D eigenvalue weighted by molar-refractivity contribution is -0.122. The third kappa shape index (κ3) is 4.67. The second-order valence-corrected chi connectivity index (χ2v) is 7.28. The van der Waals surface area contributed by atoms with Gasteiger partial charge < -0.3 is 10.1 Å². The van der Waals surface area contributed by atoms with Crippen LogP contribution in [0.3, 0.4) is 0 Å². The van der Waals surface area contributed by atoms with E-state index in [1.54, 1.807) is 30.7 Å². The van der Waals surface area contributed by atoms with Crippen LogP contribution in [0.15, 0.2) is 84.5 Å². The van der Waals surface area contributed by atoms with Crippen molar-refractivity contribution in [2.75, 3.05) is 5.32 Å². The zero-order valence-electron chi connectivity index (χ0n) is 15.8. The molecular weight excluding hydrogens is 382 g/mol. The first-order valence-electron chi connectivity index (χ1n) is 9.18. The SMILES string of the molecule is CC(Oc1ccccc1)C(=O)Nc1cccc(-c2csc(-c3cccnc3)n2)c1. The number of para-hydroxylation sites is 1. The van der Waals surface area contributed by atoms with Gasteiger partial charge in [0.1, 0.15) is 10.8 Å². The highest BCUT2D eigenvalue weighted by Crippen LogP contribution is 2.29. The number of anilines is 1. The molecule has 4 aromatic rings. The van der Waals surface area contributed by atoms with Crippen molar-refractivity contribution in [1.29, 1.82) is 0 Å². The van der Waals surface area contributed by atoms with E-state index in [2.05, 4.69) is 10.3 Å². The number of nitrogens with zero attached hydrogens (tertiary/aromatic N) is 2. The summed E-state index contributed by atoms with van der Waals surface area (Å²) >= 11 is 1.56. The van der Waals surface area contributed by atoms with E-state index in [1.165, 1.54) is 0 Å². The van der Waals surface area contributed by atoms with Gasteiger partial charge >= 0.3 is 0 Å². The number of pyridine rings is 1. The standard InChI is InChI=1S/C23H19N3O2S/c1-16(28-20-10-3-2-4-11-20)22(27)25-19-9-5-7-17(13-19)21-15-29-23(26-21)18-8-6-12-24-14-18/h2-16H,1H3,(H,25,27). The molecule has 0 aliphatic rings. The lowest BCUT2D eigenvalue weighted by atomic mass is 10.1. The molecule has 144 valence electrons. The van der Waals surface area contributed by atoms with E-state index in [-0.39, 0.29) is 5.91 Å². The molecule has 0 aliphatic carbocycles. The summed E-state index contributed by atoms with van der Waals surface area (Å²) < 4.78 is 5.69. The second kappa shape index (κ2) is 8.67. The summed E-state index contributed by atoms with van der Waals surface area (Å²) in [6.07, 6.45) is 2.93. The van der Waals surface area contributed by atoms with E-state index in [1.807, 2.05) is 72.1 Å². The molecule has 5 nitrogen and oxygen atoms in total. The average molecular weight is 401 g/mol. The Labute approximate surface area is 173 Å². The summed E-state index contributed by atoms with van der Waals surface area (Å²) in [4.78, 5) is 21.3. The Kier molecular flexibility index (Phi) is 5.63. The van der Waals surface area contributed by atoms with Gasteiger partial charge in [-0.25, -0.2) is 4.98 Å². The Morgan fingerprint density at radius 3 is 2.66 bits per heavy atom. The number of benzene rings is 2. The van der Waals surface area contributed by atoms with Crippen molar-refractivity contribution in [3.05, 3.63) is 84.5 Å². The lowest BCUT2D eigenvalue weighted by Gasteiger charge is -2.15. The van der Waals surface area contributed by atoms with Crippen LogP contribution in [0.4, 0.5) is 5.69 Å². The van der Waals surface area contributed by atoms with Gasteiger partial charge in [0.15, 0.2) is 6.10 Å². The smallest absolute Gasteiger partial charge is 0.265 e. The number of thiazole rings is 1. The number of aromatic nitrogens is 2. The largest absolute Gasteiger partial charge is 0.481 e. The van der Waals surface area contributed by atoms with Crippen LogP contribution in [0.2, 0.25) is 0 Å². The number of amides is 1. The van der Waals surface area contributed by atoms with Gasteiger partial charge in [-0.1, -0.05) is 30.3 Å². The zero-order valence-corrected chi connectivity index (χ0v) is 16.6. The summed E-state index contributed by atoms with van der Waals surface area (Å²) in [5, 5.41) is 5.83. The van der Waals surface area contributed by atoms with Crippen LogP contribution in [0.1, 0.15) is 6.92 Å². The normalized spacial score (nSPS) is 11.6. The average Bonchev–Trinajstić information content (AvgIpc) is 3.26. The molecule has 1 atom stereocenters. The minimum absolute atomic E-state index is 0.208. The molecule has 0 spiro atoms. The molecule has 4 rings (SSSR count). The predicted octanol–water partition coefficient (Wildman–Crippen LogP) is 5.28. The van der Waals surface area contributed by atoms with E-state index < -0.39 is 6.10 Å². The van der Waals surface area contributed by atoms with Crippen LogP contribution in [-0.2, 0) is 4.79 Å². The van der Waals surface area contributed by atoms with Crippen molar-refractivity contribution >= 4 is 22.9 Å². The molecule has 2 aromatic heterocycles. The summed E-state index contributed by atoms with van der Waals surface area (Å²) in [6.45, 7) is 1.73. The number of carbonyl (C=O) groups excluding carboxylic acids is 1. The van der Waals surface area contributed by atoms with E-state index in [4.69, 9.17) is 9.72 Å². The van der Waals surface area contributed by atoms with Gasteiger partial charge in [-0.3, -0.25) is 9.78 Å². The molecule has 0 radical (unpaired) electrons. The maximum absolute atomic E-state index is 12.5. The van der Waals surface area contributed by atoms with Crippen LogP contribution in [-0.4, -0.2) is 22.0 Å². The topological polar surface area (TPSA) is 64.1 Å². The van der Waals surface area contributed by atoms with E-state index >= 15 is 0 Å². The molecule has 1 N–H and O–H groups in total. The maximum Gasteiger partial charge on any atom is 0.265 e. The van der Waals surface area contributed by atoms with Gasteiger partial charge in [0.2, 0.25) is 0 Å². The highest BCUT2D eigenvalue weighted by atomic mass is 32.1. The van der Waals surface area contributed by atoms with Gasteiger partial charge in [-0.05, 0) is 43.3 Å². The fourth-order valence-corrected chi connectivity index (χ4v) is 3.60. The molecular formula is C23H19N3O2S. The Morgan fingerprint density at radius 2 is 1.86 bits per heavy atom. The van der Waals surface area contributed by atoms with Gasteiger partial charge in [-0.15, -0.1) is 11.3 Å². The Hall–Kier alpha value is -3.51. The first-order valence-corrected chi connectivity index (χ1v) is 10.1. The molecule has 0 bridgehead atoms. The van der Waals surface area contributed by atoms with Gasteiger partial charge in [0, 0.05) is 34.6 Å². The highest BCUT2D eigenvalue weighted by molar-refractivity contribution is 7.13. The number of rotatable bonds is 6. The molecule has 29 heavy (non-hydrogen) atoms. The summed E-state index contributed by atoms with van der Waals surface area (Å²) in [5.74, 6) is 0.453. The summed E-state index contributed by atoms with van der Waals surface area (Å²) in [5.41, 5.74) is 3.48. The fraction of sp³-hybridized carbons (Fsp3) is 0.0870. The first kappa shape index (κ1) is 18.8. The summed E-state index contributed by atoms with van der Waals surface area (Å²) in [6, 6.07) is 20.8. The van der Waals surface area contributed by atoms with Crippen molar-refractivity contribution in [3.8, 4) is 27.6 Å². The number of carbonyl (C=O) groups is 1. The third-order valence-corrected chi connectivity index (χ3v) is 5.16. The van der Waals surface area contributed by atoms with Crippen molar-refractivity contribution in [1.82, 2.24) is 9.97 Å². The minimum atomic E-state index is -0.613. The fourth-order valence-electron chi connectivity index (χ4n) is 2.79. The Bertz CT molecular complexity index is 1100. The molecule has 0 aliphatic heterocycles. The van der Waals surface area contributed by atoms with Crippen molar-refractivity contribution < 1.29 is 9.53 Å². The molecule has 1 amide bonds. The highest BCUT2D eigenvalue weighted by Gasteiger charge is 2.15. The molecule has 1 unspecified atom stereocenters. The van der Waals surface area contributed by atoms with Crippen LogP contribution >= 0.6 is 11.3 Å².